The summed E-state index contributed by atoms with van der Waals surface area (Å²) >= 11 is 7.29. The fourth-order valence-corrected chi connectivity index (χ4v) is 6.51. The fourth-order valence-electron chi connectivity index (χ4n) is 5.08. The molecule has 0 radical (unpaired) electrons. The van der Waals surface area contributed by atoms with Crippen molar-refractivity contribution in [2.45, 2.75) is 37.6 Å². The predicted octanol–water partition coefficient (Wildman–Crippen LogP) is 9.77. The molecule has 1 atom stereocenters. The lowest BCUT2D eigenvalue weighted by Gasteiger charge is -2.16. The molecule has 11 heteroatoms. The molecule has 224 valence electrons. The number of halogens is 4. The fraction of sp³-hybridized carbons (Fsp3) is 0.182. The van der Waals surface area contributed by atoms with Gasteiger partial charge in [0.05, 0.1) is 10.6 Å². The van der Waals surface area contributed by atoms with Crippen molar-refractivity contribution in [3.8, 4) is 21.6 Å². The minimum absolute atomic E-state index is 0.121. The topological polar surface area (TPSA) is 77.5 Å². The lowest BCUT2D eigenvalue weighted by atomic mass is 9.99. The predicted molar refractivity (Wildman–Crippen MR) is 164 cm³/mol. The summed E-state index contributed by atoms with van der Waals surface area (Å²) < 4.78 is 51.2. The van der Waals surface area contributed by atoms with Gasteiger partial charge in [-0.05, 0) is 60.2 Å². The summed E-state index contributed by atoms with van der Waals surface area (Å²) in [6.45, 7) is 2.16. The van der Waals surface area contributed by atoms with Gasteiger partial charge in [0.15, 0.2) is 0 Å². The highest BCUT2D eigenvalue weighted by molar-refractivity contribution is 7.22. The summed E-state index contributed by atoms with van der Waals surface area (Å²) in [4.78, 5) is 28.4. The Hall–Kier alpha value is -4.41. The standard InChI is InChI=1S/C33H24ClF3N2O4S/c1-19(24-4-2-3-5-26(24)34)43-31(41)39-28-25-14-15-27(33(35,36)37)38-30(25)44-29(28)22-8-6-20(7-9-22)21-10-12-23(13-11-21)32(16-17-32)42-18-40/h2-15,18-19H,16-17H2,1H3,(H,39,41)/t19-/m1/s1. The third-order valence-corrected chi connectivity index (χ3v) is 9.06. The first-order valence-corrected chi connectivity index (χ1v) is 14.8. The molecule has 0 spiro atoms. The number of nitrogens with one attached hydrogen (secondary N) is 1. The van der Waals surface area contributed by atoms with Crippen LogP contribution in [0.4, 0.5) is 23.7 Å². The van der Waals surface area contributed by atoms with Crippen LogP contribution >= 0.6 is 22.9 Å². The number of carbonyl (C=O) groups is 2. The minimum atomic E-state index is -4.62. The van der Waals surface area contributed by atoms with E-state index in [1.807, 2.05) is 48.5 Å². The molecule has 0 aliphatic heterocycles. The molecule has 2 aromatic heterocycles. The van der Waals surface area contributed by atoms with Gasteiger partial charge in [-0.25, -0.2) is 9.78 Å². The number of fused-ring (bicyclic) bond motifs is 1. The summed E-state index contributed by atoms with van der Waals surface area (Å²) in [7, 11) is 0. The Labute approximate surface area is 259 Å². The Bertz CT molecular complexity index is 1850. The second-order valence-corrected chi connectivity index (χ2v) is 11.8. The van der Waals surface area contributed by atoms with Crippen molar-refractivity contribution in [1.82, 2.24) is 4.98 Å². The third-order valence-electron chi connectivity index (χ3n) is 7.57. The number of anilines is 1. The highest BCUT2D eigenvalue weighted by Crippen LogP contribution is 2.49. The first-order valence-electron chi connectivity index (χ1n) is 13.6. The molecule has 0 unspecified atom stereocenters. The van der Waals surface area contributed by atoms with E-state index in [1.54, 1.807) is 31.2 Å². The minimum Gasteiger partial charge on any atom is -0.456 e. The summed E-state index contributed by atoms with van der Waals surface area (Å²) in [5.41, 5.74) is 2.81. The first-order chi connectivity index (χ1) is 21.1. The van der Waals surface area contributed by atoms with Gasteiger partial charge in [0.1, 0.15) is 22.2 Å². The van der Waals surface area contributed by atoms with Crippen molar-refractivity contribution in [2.75, 3.05) is 5.32 Å². The van der Waals surface area contributed by atoms with E-state index >= 15 is 0 Å². The van der Waals surface area contributed by atoms with Crippen LogP contribution in [0.5, 0.6) is 0 Å². The van der Waals surface area contributed by atoms with Crippen LogP contribution in [0, 0.1) is 0 Å². The van der Waals surface area contributed by atoms with Crippen LogP contribution in [-0.2, 0) is 26.0 Å². The van der Waals surface area contributed by atoms with Gasteiger partial charge < -0.3 is 9.47 Å². The number of carbonyl (C=O) groups excluding carboxylic acids is 2. The monoisotopic (exact) mass is 636 g/mol. The Morgan fingerprint density at radius 1 is 0.977 bits per heavy atom. The van der Waals surface area contributed by atoms with Gasteiger partial charge in [0.2, 0.25) is 0 Å². The number of alkyl halides is 3. The number of aromatic nitrogens is 1. The molecule has 0 bridgehead atoms. The molecule has 6 nitrogen and oxygen atoms in total. The molecule has 1 saturated carbocycles. The van der Waals surface area contributed by atoms with Gasteiger partial charge >= 0.3 is 12.3 Å². The maximum atomic E-state index is 13.5. The van der Waals surface area contributed by atoms with Crippen LogP contribution in [0.3, 0.4) is 0 Å². The van der Waals surface area contributed by atoms with E-state index in [0.29, 0.717) is 38.6 Å². The van der Waals surface area contributed by atoms with Gasteiger partial charge in [-0.3, -0.25) is 10.1 Å². The number of hydrogen-bond acceptors (Lipinski definition) is 6. The lowest BCUT2D eigenvalue weighted by Crippen LogP contribution is -2.16. The van der Waals surface area contributed by atoms with Crippen molar-refractivity contribution in [1.29, 1.82) is 0 Å². The van der Waals surface area contributed by atoms with E-state index < -0.39 is 29.7 Å². The molecule has 1 amide bonds. The average molecular weight is 637 g/mol. The maximum absolute atomic E-state index is 13.5. The molecule has 2 heterocycles. The Morgan fingerprint density at radius 3 is 2.23 bits per heavy atom. The summed E-state index contributed by atoms with van der Waals surface area (Å²) in [6.07, 6.45) is -4.52. The number of pyridine rings is 1. The second-order valence-electron chi connectivity index (χ2n) is 10.4. The number of thiophene rings is 1. The molecule has 44 heavy (non-hydrogen) atoms. The van der Waals surface area contributed by atoms with Crippen LogP contribution in [0.25, 0.3) is 31.8 Å². The highest BCUT2D eigenvalue weighted by atomic mass is 35.5. The molecule has 1 N–H and O–H groups in total. The maximum Gasteiger partial charge on any atom is 0.433 e. The number of amides is 1. The summed E-state index contributed by atoms with van der Waals surface area (Å²) in [6, 6.07) is 24.4. The molecule has 0 saturated heterocycles. The zero-order valence-corrected chi connectivity index (χ0v) is 24.7. The van der Waals surface area contributed by atoms with Crippen molar-refractivity contribution in [3.63, 3.8) is 0 Å². The van der Waals surface area contributed by atoms with Crippen molar-refractivity contribution in [3.05, 3.63) is 107 Å². The molecular formula is C33H24ClF3N2O4S. The molecule has 3 aromatic carbocycles. The number of nitrogens with zero attached hydrogens (tertiary/aromatic N) is 1. The number of ether oxygens (including phenoxy) is 2. The molecule has 1 fully saturated rings. The lowest BCUT2D eigenvalue weighted by molar-refractivity contribution is -0.141. The first kappa shape index (κ1) is 29.7. The van der Waals surface area contributed by atoms with Crippen LogP contribution in [0.1, 0.15) is 42.7 Å². The number of benzene rings is 3. The zero-order valence-electron chi connectivity index (χ0n) is 23.2. The normalized spacial score (nSPS) is 14.6. The molecular weight excluding hydrogens is 613 g/mol. The van der Waals surface area contributed by atoms with Gasteiger partial charge in [0, 0.05) is 16.0 Å². The van der Waals surface area contributed by atoms with Crippen LogP contribution in [0.15, 0.2) is 84.9 Å². The van der Waals surface area contributed by atoms with Crippen molar-refractivity contribution >= 4 is 51.4 Å². The van der Waals surface area contributed by atoms with E-state index in [2.05, 4.69) is 10.3 Å². The van der Waals surface area contributed by atoms with Crippen LogP contribution in [0.2, 0.25) is 5.02 Å². The smallest absolute Gasteiger partial charge is 0.433 e. The summed E-state index contributed by atoms with van der Waals surface area (Å²) in [5, 5.41) is 3.53. The molecule has 1 aliphatic rings. The zero-order chi connectivity index (χ0) is 31.1. The SMILES string of the molecule is C[C@@H](OC(=O)Nc1c(-c2ccc(-c3ccc(C4(OC=O)CC4)cc3)cc2)sc2nc(C(F)(F)F)ccc12)c1ccccc1Cl. The molecule has 6 rings (SSSR count). The van der Waals surface area contributed by atoms with Gasteiger partial charge in [-0.2, -0.15) is 13.2 Å². The van der Waals surface area contributed by atoms with Gasteiger partial charge in [-0.15, -0.1) is 11.3 Å². The largest absolute Gasteiger partial charge is 0.456 e. The van der Waals surface area contributed by atoms with Crippen molar-refractivity contribution in [2.24, 2.45) is 0 Å². The van der Waals surface area contributed by atoms with Crippen molar-refractivity contribution < 1.29 is 32.2 Å². The van der Waals surface area contributed by atoms with E-state index in [-0.39, 0.29) is 4.83 Å². The van der Waals surface area contributed by atoms with E-state index in [4.69, 9.17) is 21.1 Å². The Kier molecular flexibility index (Phi) is 7.81. The number of rotatable bonds is 8. The van der Waals surface area contributed by atoms with Crippen LogP contribution in [-0.4, -0.2) is 17.5 Å². The van der Waals surface area contributed by atoms with E-state index in [0.717, 1.165) is 46.9 Å². The van der Waals surface area contributed by atoms with Gasteiger partial charge in [0.25, 0.3) is 6.47 Å². The van der Waals surface area contributed by atoms with Crippen LogP contribution < -0.4 is 5.32 Å². The second kappa shape index (κ2) is 11.6. The van der Waals surface area contributed by atoms with Gasteiger partial charge in [-0.1, -0.05) is 78.3 Å². The molecule has 5 aromatic rings. The quantitative estimate of drug-likeness (QED) is 0.172. The number of hydrogen-bond donors (Lipinski definition) is 1. The highest BCUT2D eigenvalue weighted by Gasteiger charge is 2.47. The Balaban J connectivity index is 1.30. The van der Waals surface area contributed by atoms with E-state index in [9.17, 15) is 22.8 Å². The third kappa shape index (κ3) is 5.87. The Morgan fingerprint density at radius 2 is 1.61 bits per heavy atom. The summed E-state index contributed by atoms with van der Waals surface area (Å²) in [5.74, 6) is 0. The molecule has 1 aliphatic carbocycles. The average Bonchev–Trinajstić information content (AvgIpc) is 3.71. The van der Waals surface area contributed by atoms with E-state index in [1.165, 1.54) is 6.07 Å².